The summed E-state index contributed by atoms with van der Waals surface area (Å²) in [4.78, 5) is 18.6. The van der Waals surface area contributed by atoms with Gasteiger partial charge in [-0.15, -0.1) is 0 Å². The smallest absolute Gasteiger partial charge is 0.280 e. The third-order valence-electron chi connectivity index (χ3n) is 5.83. The van der Waals surface area contributed by atoms with Gasteiger partial charge >= 0.3 is 0 Å². The first kappa shape index (κ1) is 18.4. The summed E-state index contributed by atoms with van der Waals surface area (Å²) >= 11 is 0. The van der Waals surface area contributed by atoms with E-state index >= 15 is 0 Å². The lowest BCUT2D eigenvalue weighted by Crippen LogP contribution is -2.19. The second kappa shape index (κ2) is 7.10. The number of nitrogens with one attached hydrogen (secondary N) is 1. The summed E-state index contributed by atoms with van der Waals surface area (Å²) < 4.78 is 7.01. The van der Waals surface area contributed by atoms with Crippen LogP contribution in [-0.4, -0.2) is 14.6 Å². The molecule has 0 spiro atoms. The maximum Gasteiger partial charge on any atom is 0.280 e. The molecular weight excluding hydrogens is 398 g/mol. The minimum Gasteiger partial charge on any atom is -0.464 e. The molecule has 5 nitrogen and oxygen atoms in total. The van der Waals surface area contributed by atoms with Crippen molar-refractivity contribution in [3.8, 4) is 33.5 Å². The second-order valence-corrected chi connectivity index (χ2v) is 7.80. The molecule has 0 aliphatic rings. The molecule has 0 aliphatic carbocycles. The maximum atomic E-state index is 13.7. The first-order valence-electron chi connectivity index (χ1n) is 10.4. The van der Waals surface area contributed by atoms with Gasteiger partial charge in [-0.3, -0.25) is 9.89 Å². The predicted molar refractivity (Wildman–Crippen MR) is 127 cm³/mol. The molecule has 3 heterocycles. The van der Waals surface area contributed by atoms with E-state index in [4.69, 9.17) is 9.40 Å². The maximum absolute atomic E-state index is 13.7. The van der Waals surface area contributed by atoms with Crippen LogP contribution in [0, 0.1) is 6.92 Å². The highest BCUT2D eigenvalue weighted by atomic mass is 16.3. The van der Waals surface area contributed by atoms with Gasteiger partial charge < -0.3 is 4.42 Å². The zero-order valence-corrected chi connectivity index (χ0v) is 17.4. The lowest BCUT2D eigenvalue weighted by Gasteiger charge is -2.07. The van der Waals surface area contributed by atoms with Crippen molar-refractivity contribution in [3.63, 3.8) is 0 Å². The normalized spacial score (nSPS) is 11.4. The molecule has 0 fully saturated rings. The number of nitrogens with zero attached hydrogens (tertiary/aromatic N) is 2. The molecule has 6 rings (SSSR count). The number of furan rings is 1. The molecule has 0 saturated carbocycles. The van der Waals surface area contributed by atoms with Gasteiger partial charge in [0, 0.05) is 10.9 Å². The van der Waals surface area contributed by atoms with Crippen molar-refractivity contribution in [2.45, 2.75) is 6.92 Å². The van der Waals surface area contributed by atoms with Crippen LogP contribution in [0.25, 0.3) is 50.1 Å². The summed E-state index contributed by atoms with van der Waals surface area (Å²) in [5.41, 5.74) is 7.13. The number of rotatable bonds is 3. The Kier molecular flexibility index (Phi) is 4.08. The van der Waals surface area contributed by atoms with Crippen molar-refractivity contribution in [1.82, 2.24) is 14.6 Å². The number of aromatic nitrogens is 3. The van der Waals surface area contributed by atoms with Crippen molar-refractivity contribution in [2.75, 3.05) is 0 Å². The summed E-state index contributed by atoms with van der Waals surface area (Å²) in [7, 11) is 0. The zero-order valence-electron chi connectivity index (χ0n) is 17.4. The van der Waals surface area contributed by atoms with Crippen molar-refractivity contribution in [3.05, 3.63) is 107 Å². The van der Waals surface area contributed by atoms with Gasteiger partial charge in [0.05, 0.1) is 28.8 Å². The average Bonchev–Trinajstić information content (AvgIpc) is 3.45. The molecule has 154 valence electrons. The van der Waals surface area contributed by atoms with Crippen molar-refractivity contribution in [1.29, 1.82) is 0 Å². The van der Waals surface area contributed by atoms with Crippen LogP contribution in [0.15, 0.2) is 100 Å². The van der Waals surface area contributed by atoms with Crippen molar-refractivity contribution < 1.29 is 4.42 Å². The second-order valence-electron chi connectivity index (χ2n) is 7.80. The molecule has 0 saturated heterocycles. The molecule has 32 heavy (non-hydrogen) atoms. The molecule has 0 unspecified atom stereocenters. The van der Waals surface area contributed by atoms with E-state index < -0.39 is 0 Å². The van der Waals surface area contributed by atoms with Gasteiger partial charge in [0.1, 0.15) is 5.58 Å². The predicted octanol–water partition coefficient (Wildman–Crippen LogP) is 6.08. The number of aryl methyl sites for hydroxylation is 1. The van der Waals surface area contributed by atoms with Gasteiger partial charge in [-0.05, 0) is 36.2 Å². The quantitative estimate of drug-likeness (QED) is 0.380. The number of hydrogen-bond donors (Lipinski definition) is 1. The van der Waals surface area contributed by atoms with Crippen LogP contribution in [-0.2, 0) is 0 Å². The average molecular weight is 417 g/mol. The standard InChI is InChI=1S/C27H19N3O2/c1-17-23(21-12-13-22-20(16-21)14-15-32-22)27(31)30-26(28-17)24(18-8-4-2-5-9-18)25(29-30)19-10-6-3-7-11-19/h2-16,29H,1H3. The first-order chi connectivity index (χ1) is 15.7. The molecule has 3 aromatic heterocycles. The number of hydrogen-bond acceptors (Lipinski definition) is 3. The molecule has 0 amide bonds. The molecular formula is C27H19N3O2. The summed E-state index contributed by atoms with van der Waals surface area (Å²) in [6.07, 6.45) is 1.65. The molecule has 5 heteroatoms. The third-order valence-corrected chi connectivity index (χ3v) is 5.83. The number of fused-ring (bicyclic) bond motifs is 2. The first-order valence-corrected chi connectivity index (χ1v) is 10.4. The molecule has 6 aromatic rings. The summed E-state index contributed by atoms with van der Waals surface area (Å²) in [5, 5.41) is 4.29. The van der Waals surface area contributed by atoms with Gasteiger partial charge in [0.2, 0.25) is 0 Å². The van der Waals surface area contributed by atoms with Crippen molar-refractivity contribution in [2.24, 2.45) is 0 Å². The van der Waals surface area contributed by atoms with E-state index in [2.05, 4.69) is 5.10 Å². The molecule has 0 radical (unpaired) electrons. The number of aromatic amines is 1. The van der Waals surface area contributed by atoms with Crippen LogP contribution >= 0.6 is 0 Å². The minimum absolute atomic E-state index is 0.130. The van der Waals surface area contributed by atoms with Crippen LogP contribution in [0.5, 0.6) is 0 Å². The van der Waals surface area contributed by atoms with Gasteiger partial charge in [-0.2, -0.15) is 4.52 Å². The monoisotopic (exact) mass is 417 g/mol. The fourth-order valence-corrected chi connectivity index (χ4v) is 4.32. The van der Waals surface area contributed by atoms with Crippen LogP contribution in [0.1, 0.15) is 5.69 Å². The van der Waals surface area contributed by atoms with E-state index in [1.807, 2.05) is 91.9 Å². The van der Waals surface area contributed by atoms with E-state index in [0.29, 0.717) is 16.9 Å². The van der Waals surface area contributed by atoms with Gasteiger partial charge in [0.15, 0.2) is 5.65 Å². The van der Waals surface area contributed by atoms with E-state index in [9.17, 15) is 4.79 Å². The Hall–Kier alpha value is -4.38. The Morgan fingerprint density at radius 1 is 0.812 bits per heavy atom. The van der Waals surface area contributed by atoms with Crippen LogP contribution in [0.4, 0.5) is 0 Å². The van der Waals surface area contributed by atoms with E-state index in [1.54, 1.807) is 10.8 Å². The molecule has 0 bridgehead atoms. The van der Waals surface area contributed by atoms with Gasteiger partial charge in [-0.1, -0.05) is 66.7 Å². The third kappa shape index (κ3) is 2.79. The highest BCUT2D eigenvalue weighted by Gasteiger charge is 2.21. The van der Waals surface area contributed by atoms with Crippen molar-refractivity contribution >= 4 is 16.6 Å². The Labute approximate surface area is 183 Å². The van der Waals surface area contributed by atoms with Gasteiger partial charge in [-0.25, -0.2) is 4.98 Å². The van der Waals surface area contributed by atoms with Crippen LogP contribution in [0.2, 0.25) is 0 Å². The largest absolute Gasteiger partial charge is 0.464 e. The SMILES string of the molecule is Cc1nc2c(-c3ccccc3)c(-c3ccccc3)[nH]n2c(=O)c1-c1ccc2occc2c1. The fourth-order valence-electron chi connectivity index (χ4n) is 4.32. The van der Waals surface area contributed by atoms with Crippen LogP contribution in [0.3, 0.4) is 0 Å². The lowest BCUT2D eigenvalue weighted by molar-refractivity contribution is 0.616. The topological polar surface area (TPSA) is 63.3 Å². The Morgan fingerprint density at radius 2 is 1.53 bits per heavy atom. The molecule has 3 aromatic carbocycles. The Morgan fingerprint density at radius 3 is 2.28 bits per heavy atom. The Balaban J connectivity index is 1.68. The van der Waals surface area contributed by atoms with E-state index in [1.165, 1.54) is 0 Å². The highest BCUT2D eigenvalue weighted by Crippen LogP contribution is 2.35. The highest BCUT2D eigenvalue weighted by molar-refractivity contribution is 5.91. The molecule has 0 atom stereocenters. The lowest BCUT2D eigenvalue weighted by atomic mass is 10.0. The van der Waals surface area contributed by atoms with E-state index in [-0.39, 0.29) is 5.56 Å². The molecule has 1 N–H and O–H groups in total. The minimum atomic E-state index is -0.130. The summed E-state index contributed by atoms with van der Waals surface area (Å²) in [6, 6.07) is 27.7. The number of H-pyrrole nitrogens is 1. The fraction of sp³-hybridized carbons (Fsp3) is 0.0370. The number of benzene rings is 3. The van der Waals surface area contributed by atoms with E-state index in [0.717, 1.165) is 38.9 Å². The summed E-state index contributed by atoms with van der Waals surface area (Å²) in [6.45, 7) is 1.89. The summed E-state index contributed by atoms with van der Waals surface area (Å²) in [5.74, 6) is 0. The Bertz CT molecular complexity index is 1640. The zero-order chi connectivity index (χ0) is 21.7. The molecule has 0 aliphatic heterocycles. The van der Waals surface area contributed by atoms with Crippen LogP contribution < -0.4 is 5.56 Å². The van der Waals surface area contributed by atoms with Gasteiger partial charge in [0.25, 0.3) is 5.56 Å².